The number of rotatable bonds is 14. The number of hydrogen-bond acceptors (Lipinski definition) is 7. The van der Waals surface area contributed by atoms with Crippen molar-refractivity contribution in [3.8, 4) is 0 Å². The van der Waals surface area contributed by atoms with E-state index in [0.29, 0.717) is 6.42 Å². The van der Waals surface area contributed by atoms with Crippen LogP contribution in [0, 0.1) is 5.92 Å². The minimum Gasteiger partial charge on any atom is -0.481 e. The van der Waals surface area contributed by atoms with E-state index in [1.807, 2.05) is 44.2 Å². The standard InChI is InChI=1S/C31H34N4O7S/c1-20(2)17-26(29(38)32-19-21-9-5-3-6-10-21)33-27(15-16-28(36)37)35-30(39)24-14-13-22(18-25(24)31(35)40)34-43(41,42)23-11-7-4-8-12-23/h3-14,18,20,26-27,33-34H,15-17,19H2,1-2H3,(H,32,38)(H,36,37)/t26-,27?/m0/s1. The van der Waals surface area contributed by atoms with Crippen molar-refractivity contribution in [3.05, 3.63) is 95.6 Å². The van der Waals surface area contributed by atoms with Crippen LogP contribution in [0.2, 0.25) is 0 Å². The van der Waals surface area contributed by atoms with Gasteiger partial charge in [0, 0.05) is 18.7 Å². The molecular weight excluding hydrogens is 572 g/mol. The SMILES string of the molecule is CC(C)C[C@H](NC(CCC(=O)O)N1C(=O)c2ccc(NS(=O)(=O)c3ccccc3)cc2C1=O)C(=O)NCc1ccccc1. The fourth-order valence-corrected chi connectivity index (χ4v) is 5.90. The van der Waals surface area contributed by atoms with Gasteiger partial charge in [0.1, 0.15) is 0 Å². The minimum absolute atomic E-state index is 0.0270. The van der Waals surface area contributed by atoms with E-state index in [9.17, 15) is 32.7 Å². The molecule has 1 aliphatic rings. The first-order valence-corrected chi connectivity index (χ1v) is 15.3. The average Bonchev–Trinajstić information content (AvgIpc) is 3.22. The molecule has 226 valence electrons. The van der Waals surface area contributed by atoms with Crippen LogP contribution in [-0.4, -0.2) is 54.3 Å². The first-order valence-electron chi connectivity index (χ1n) is 13.9. The lowest BCUT2D eigenvalue weighted by atomic mass is 10.0. The number of nitrogens with zero attached hydrogens (tertiary/aromatic N) is 1. The van der Waals surface area contributed by atoms with Crippen molar-refractivity contribution in [2.45, 2.75) is 56.8 Å². The van der Waals surface area contributed by atoms with Crippen LogP contribution in [0.15, 0.2) is 83.8 Å². The number of carboxylic acid groups (broad SMARTS) is 1. The number of carbonyl (C=O) groups is 4. The van der Waals surface area contributed by atoms with Crippen molar-refractivity contribution in [2.24, 2.45) is 5.92 Å². The largest absolute Gasteiger partial charge is 0.481 e. The summed E-state index contributed by atoms with van der Waals surface area (Å²) in [6.07, 6.45) is -1.26. The van der Waals surface area contributed by atoms with Crippen LogP contribution in [0.25, 0.3) is 0 Å². The monoisotopic (exact) mass is 606 g/mol. The lowest BCUT2D eigenvalue weighted by Gasteiger charge is -2.31. The maximum Gasteiger partial charge on any atom is 0.303 e. The Morgan fingerprint density at radius 1 is 0.884 bits per heavy atom. The molecule has 2 atom stereocenters. The van der Waals surface area contributed by atoms with Crippen molar-refractivity contribution < 1.29 is 32.7 Å². The molecule has 1 aliphatic heterocycles. The highest BCUT2D eigenvalue weighted by Gasteiger charge is 2.41. The molecule has 0 spiro atoms. The zero-order valence-electron chi connectivity index (χ0n) is 23.8. The molecule has 4 N–H and O–H groups in total. The summed E-state index contributed by atoms with van der Waals surface area (Å²) in [5, 5.41) is 15.3. The molecule has 0 aliphatic carbocycles. The summed E-state index contributed by atoms with van der Waals surface area (Å²) in [5.74, 6) is -2.82. The second-order valence-corrected chi connectivity index (χ2v) is 12.3. The third kappa shape index (κ3) is 7.85. The highest BCUT2D eigenvalue weighted by Crippen LogP contribution is 2.29. The topological polar surface area (TPSA) is 162 Å². The molecule has 43 heavy (non-hydrogen) atoms. The van der Waals surface area contributed by atoms with Crippen LogP contribution < -0.4 is 15.4 Å². The molecule has 3 aromatic rings. The van der Waals surface area contributed by atoms with Crippen LogP contribution in [0.4, 0.5) is 5.69 Å². The first kappa shape index (κ1) is 31.4. The smallest absolute Gasteiger partial charge is 0.303 e. The maximum atomic E-state index is 13.6. The number of benzene rings is 3. The van der Waals surface area contributed by atoms with Gasteiger partial charge in [0.05, 0.1) is 28.2 Å². The van der Waals surface area contributed by atoms with E-state index in [1.54, 1.807) is 18.2 Å². The normalized spacial score (nSPS) is 14.3. The molecular formula is C31H34N4O7S. The highest BCUT2D eigenvalue weighted by atomic mass is 32.2. The third-order valence-corrected chi connectivity index (χ3v) is 8.29. The number of sulfonamides is 1. The van der Waals surface area contributed by atoms with E-state index < -0.39 is 40.0 Å². The van der Waals surface area contributed by atoms with E-state index in [2.05, 4.69) is 15.4 Å². The molecule has 3 aromatic carbocycles. The summed E-state index contributed by atoms with van der Waals surface area (Å²) < 4.78 is 28.0. The summed E-state index contributed by atoms with van der Waals surface area (Å²) in [4.78, 5) is 52.8. The molecule has 0 bridgehead atoms. The Labute approximate surface area is 250 Å². The number of hydrogen-bond donors (Lipinski definition) is 4. The number of fused-ring (bicyclic) bond motifs is 1. The number of aliphatic carboxylic acids is 1. The van der Waals surface area contributed by atoms with Crippen LogP contribution in [0.3, 0.4) is 0 Å². The Bertz CT molecular complexity index is 1590. The van der Waals surface area contributed by atoms with Gasteiger partial charge in [-0.25, -0.2) is 8.42 Å². The van der Waals surface area contributed by atoms with Crippen molar-refractivity contribution in [3.63, 3.8) is 0 Å². The quantitative estimate of drug-likeness (QED) is 0.202. The van der Waals surface area contributed by atoms with E-state index in [-0.39, 0.29) is 52.9 Å². The van der Waals surface area contributed by atoms with E-state index in [1.165, 1.54) is 30.3 Å². The Balaban J connectivity index is 1.57. The van der Waals surface area contributed by atoms with E-state index in [0.717, 1.165) is 10.5 Å². The molecule has 0 saturated carbocycles. The summed E-state index contributed by atoms with van der Waals surface area (Å²) in [6, 6.07) is 20.2. The molecule has 0 radical (unpaired) electrons. The molecule has 0 aromatic heterocycles. The second kappa shape index (κ2) is 13.6. The number of imide groups is 1. The summed E-state index contributed by atoms with van der Waals surface area (Å²) in [6.45, 7) is 4.11. The summed E-state index contributed by atoms with van der Waals surface area (Å²) >= 11 is 0. The van der Waals surface area contributed by atoms with E-state index >= 15 is 0 Å². The van der Waals surface area contributed by atoms with Gasteiger partial charge in [0.15, 0.2) is 0 Å². The molecule has 3 amide bonds. The van der Waals surface area contributed by atoms with Gasteiger partial charge in [-0.1, -0.05) is 62.4 Å². The zero-order valence-corrected chi connectivity index (χ0v) is 24.6. The number of anilines is 1. The molecule has 0 fully saturated rings. The lowest BCUT2D eigenvalue weighted by molar-refractivity contribution is -0.137. The van der Waals surface area contributed by atoms with Gasteiger partial charge in [-0.15, -0.1) is 0 Å². The van der Waals surface area contributed by atoms with Gasteiger partial charge in [0.25, 0.3) is 21.8 Å². The summed E-state index contributed by atoms with van der Waals surface area (Å²) in [7, 11) is -3.95. The van der Waals surface area contributed by atoms with Crippen LogP contribution >= 0.6 is 0 Å². The van der Waals surface area contributed by atoms with Crippen LogP contribution in [0.5, 0.6) is 0 Å². The van der Waals surface area contributed by atoms with Crippen LogP contribution in [0.1, 0.15) is 59.4 Å². The number of nitrogens with one attached hydrogen (secondary N) is 3. The first-order chi connectivity index (χ1) is 20.5. The molecule has 1 heterocycles. The Morgan fingerprint density at radius 3 is 2.14 bits per heavy atom. The van der Waals surface area contributed by atoms with Crippen molar-refractivity contribution in [2.75, 3.05) is 4.72 Å². The molecule has 0 saturated heterocycles. The predicted molar refractivity (Wildman–Crippen MR) is 160 cm³/mol. The third-order valence-electron chi connectivity index (χ3n) is 6.89. The average molecular weight is 607 g/mol. The second-order valence-electron chi connectivity index (χ2n) is 10.7. The van der Waals surface area contributed by atoms with E-state index in [4.69, 9.17) is 0 Å². The van der Waals surface area contributed by atoms with Gasteiger partial charge in [-0.3, -0.25) is 34.1 Å². The molecule has 12 heteroatoms. The fourth-order valence-electron chi connectivity index (χ4n) is 4.83. The van der Waals surface area contributed by atoms with Gasteiger partial charge in [-0.2, -0.15) is 0 Å². The van der Waals surface area contributed by atoms with Crippen LogP contribution in [-0.2, 0) is 26.2 Å². The zero-order chi connectivity index (χ0) is 31.1. The van der Waals surface area contributed by atoms with Gasteiger partial charge < -0.3 is 10.4 Å². The number of carboxylic acids is 1. The summed E-state index contributed by atoms with van der Waals surface area (Å²) in [5.41, 5.74) is 0.984. The molecule has 4 rings (SSSR count). The fraction of sp³-hybridized carbons (Fsp3) is 0.290. The minimum atomic E-state index is -3.95. The van der Waals surface area contributed by atoms with Gasteiger partial charge in [0.2, 0.25) is 5.91 Å². The highest BCUT2D eigenvalue weighted by molar-refractivity contribution is 7.92. The predicted octanol–water partition coefficient (Wildman–Crippen LogP) is 3.60. The number of carbonyl (C=O) groups excluding carboxylic acids is 3. The van der Waals surface area contributed by atoms with Gasteiger partial charge >= 0.3 is 5.97 Å². The molecule has 1 unspecified atom stereocenters. The van der Waals surface area contributed by atoms with Crippen molar-refractivity contribution in [1.82, 2.24) is 15.5 Å². The molecule has 11 nitrogen and oxygen atoms in total. The maximum absolute atomic E-state index is 13.6. The Kier molecular flexibility index (Phi) is 9.94. The van der Waals surface area contributed by atoms with Gasteiger partial charge in [-0.05, 0) is 54.7 Å². The Morgan fingerprint density at radius 2 is 1.51 bits per heavy atom. The Hall–Kier alpha value is -4.55. The van der Waals surface area contributed by atoms with Crippen molar-refractivity contribution in [1.29, 1.82) is 0 Å². The number of amides is 3. The van der Waals surface area contributed by atoms with Crippen molar-refractivity contribution >= 4 is 39.4 Å². The lowest BCUT2D eigenvalue weighted by Crippen LogP contribution is -2.56.